The lowest BCUT2D eigenvalue weighted by molar-refractivity contribution is 0.198. The summed E-state index contributed by atoms with van der Waals surface area (Å²) >= 11 is 0. The van der Waals surface area contributed by atoms with Gasteiger partial charge in [-0.1, -0.05) is 12.1 Å². The van der Waals surface area contributed by atoms with Gasteiger partial charge in [-0.25, -0.2) is 0 Å². The zero-order valence-electron chi connectivity index (χ0n) is 10.1. The molecule has 2 rings (SSSR count). The van der Waals surface area contributed by atoms with Crippen molar-refractivity contribution in [2.24, 2.45) is 5.73 Å². The monoisotopic (exact) mass is 219 g/mol. The van der Waals surface area contributed by atoms with Gasteiger partial charge in [0, 0.05) is 24.3 Å². The Morgan fingerprint density at radius 2 is 1.88 bits per heavy atom. The first-order valence-electron chi connectivity index (χ1n) is 5.96. The van der Waals surface area contributed by atoms with Crippen LogP contribution in [0, 0.1) is 0 Å². The van der Waals surface area contributed by atoms with Gasteiger partial charge in [-0.05, 0) is 38.0 Å². The third-order valence-corrected chi connectivity index (χ3v) is 3.42. The second-order valence-corrected chi connectivity index (χ2v) is 4.90. The minimum atomic E-state index is 0.242. The van der Waals surface area contributed by atoms with Crippen LogP contribution >= 0.6 is 0 Å². The van der Waals surface area contributed by atoms with Crippen LogP contribution in [0.4, 0.5) is 5.69 Å². The van der Waals surface area contributed by atoms with E-state index in [1.807, 2.05) is 12.1 Å². The Kier molecular flexibility index (Phi) is 3.17. The number of likely N-dealkylation sites (tertiary alicyclic amines) is 1. The molecule has 4 N–H and O–H groups in total. The van der Waals surface area contributed by atoms with E-state index in [1.54, 1.807) is 0 Å². The van der Waals surface area contributed by atoms with Gasteiger partial charge in [0.1, 0.15) is 0 Å². The molecule has 1 aromatic rings. The van der Waals surface area contributed by atoms with E-state index < -0.39 is 0 Å². The second kappa shape index (κ2) is 4.44. The van der Waals surface area contributed by atoms with Gasteiger partial charge in [-0.2, -0.15) is 0 Å². The minimum Gasteiger partial charge on any atom is -0.399 e. The maximum absolute atomic E-state index is 6.20. The van der Waals surface area contributed by atoms with E-state index in [4.69, 9.17) is 11.5 Å². The van der Waals surface area contributed by atoms with Crippen LogP contribution < -0.4 is 11.5 Å². The Morgan fingerprint density at radius 1 is 1.25 bits per heavy atom. The van der Waals surface area contributed by atoms with Crippen molar-refractivity contribution in [3.8, 4) is 0 Å². The largest absolute Gasteiger partial charge is 0.399 e. The average molecular weight is 219 g/mol. The first kappa shape index (κ1) is 11.4. The fraction of sp³-hybridized carbons (Fsp3) is 0.538. The molecule has 88 valence electrons. The second-order valence-electron chi connectivity index (χ2n) is 4.90. The summed E-state index contributed by atoms with van der Waals surface area (Å²) in [5.41, 5.74) is 14.0. The molecule has 0 amide bonds. The van der Waals surface area contributed by atoms with Gasteiger partial charge in [0.15, 0.2) is 0 Å². The van der Waals surface area contributed by atoms with Gasteiger partial charge in [-0.3, -0.25) is 4.90 Å². The molecule has 0 radical (unpaired) electrons. The lowest BCUT2D eigenvalue weighted by atomic mass is 10.00. The molecular formula is C13H21N3. The molecule has 1 aliphatic rings. The maximum Gasteiger partial charge on any atom is 0.0502 e. The molecule has 1 heterocycles. The van der Waals surface area contributed by atoms with Crippen molar-refractivity contribution in [1.82, 2.24) is 4.90 Å². The van der Waals surface area contributed by atoms with Crippen molar-refractivity contribution in [3.05, 3.63) is 29.8 Å². The fourth-order valence-corrected chi connectivity index (χ4v) is 2.55. The molecule has 2 unspecified atom stereocenters. The van der Waals surface area contributed by atoms with Gasteiger partial charge < -0.3 is 11.5 Å². The highest BCUT2D eigenvalue weighted by Gasteiger charge is 2.33. The normalized spacial score (nSPS) is 26.5. The number of nitrogen functional groups attached to an aromatic ring is 1. The fourth-order valence-electron chi connectivity index (χ4n) is 2.55. The van der Waals surface area contributed by atoms with E-state index in [0.717, 1.165) is 18.7 Å². The van der Waals surface area contributed by atoms with Gasteiger partial charge in [0.05, 0.1) is 6.04 Å². The molecule has 1 fully saturated rings. The molecule has 1 aliphatic heterocycles. The van der Waals surface area contributed by atoms with Crippen LogP contribution in [0.1, 0.15) is 31.9 Å². The highest BCUT2D eigenvalue weighted by Crippen LogP contribution is 2.32. The van der Waals surface area contributed by atoms with E-state index in [1.165, 1.54) is 5.56 Å². The van der Waals surface area contributed by atoms with Gasteiger partial charge in [0.2, 0.25) is 0 Å². The first-order chi connectivity index (χ1) is 7.59. The molecule has 3 heteroatoms. The zero-order valence-corrected chi connectivity index (χ0v) is 10.1. The van der Waals surface area contributed by atoms with Crippen LogP contribution in [-0.2, 0) is 0 Å². The average Bonchev–Trinajstić information content (AvgIpc) is 2.62. The molecular weight excluding hydrogens is 198 g/mol. The summed E-state index contributed by atoms with van der Waals surface area (Å²) in [6.45, 7) is 5.54. The number of hydrogen-bond donors (Lipinski definition) is 2. The first-order valence-corrected chi connectivity index (χ1v) is 5.96. The molecule has 1 aromatic carbocycles. The zero-order chi connectivity index (χ0) is 11.7. The van der Waals surface area contributed by atoms with Crippen LogP contribution in [0.3, 0.4) is 0 Å². The number of benzene rings is 1. The van der Waals surface area contributed by atoms with Crippen molar-refractivity contribution < 1.29 is 0 Å². The predicted octanol–water partition coefficient (Wildman–Crippen LogP) is 1.75. The van der Waals surface area contributed by atoms with Crippen LogP contribution in [0.15, 0.2) is 24.3 Å². The molecule has 0 bridgehead atoms. The smallest absolute Gasteiger partial charge is 0.0502 e. The number of anilines is 1. The van der Waals surface area contributed by atoms with Crippen molar-refractivity contribution in [2.45, 2.75) is 38.4 Å². The highest BCUT2D eigenvalue weighted by molar-refractivity contribution is 5.40. The number of hydrogen-bond acceptors (Lipinski definition) is 3. The van der Waals surface area contributed by atoms with Crippen LogP contribution in [0.2, 0.25) is 0 Å². The van der Waals surface area contributed by atoms with Crippen LogP contribution in [-0.4, -0.2) is 23.5 Å². The van der Waals surface area contributed by atoms with Gasteiger partial charge in [0.25, 0.3) is 0 Å². The molecule has 0 saturated carbocycles. The molecule has 1 saturated heterocycles. The standard InChI is InChI=1S/C13H21N3/c1-9(2)16-8-7-12(15)13(16)10-3-5-11(14)6-4-10/h3-6,9,12-13H,7-8,14-15H2,1-2H3. The highest BCUT2D eigenvalue weighted by atomic mass is 15.2. The Balaban J connectivity index is 2.26. The summed E-state index contributed by atoms with van der Waals surface area (Å²) in [4.78, 5) is 2.47. The van der Waals surface area contributed by atoms with Crippen molar-refractivity contribution in [3.63, 3.8) is 0 Å². The van der Waals surface area contributed by atoms with Crippen LogP contribution in [0.5, 0.6) is 0 Å². The lowest BCUT2D eigenvalue weighted by Crippen LogP contribution is -2.35. The summed E-state index contributed by atoms with van der Waals surface area (Å²) < 4.78 is 0. The maximum atomic E-state index is 6.20. The van der Waals surface area contributed by atoms with E-state index in [0.29, 0.717) is 12.1 Å². The van der Waals surface area contributed by atoms with E-state index in [-0.39, 0.29) is 6.04 Å². The van der Waals surface area contributed by atoms with E-state index in [2.05, 4.69) is 30.9 Å². The van der Waals surface area contributed by atoms with E-state index in [9.17, 15) is 0 Å². The number of rotatable bonds is 2. The molecule has 0 aromatic heterocycles. The molecule has 16 heavy (non-hydrogen) atoms. The summed E-state index contributed by atoms with van der Waals surface area (Å²) in [5, 5.41) is 0. The number of nitrogens with zero attached hydrogens (tertiary/aromatic N) is 1. The summed E-state index contributed by atoms with van der Waals surface area (Å²) in [6.07, 6.45) is 1.08. The topological polar surface area (TPSA) is 55.3 Å². The quantitative estimate of drug-likeness (QED) is 0.745. The molecule has 2 atom stereocenters. The lowest BCUT2D eigenvalue weighted by Gasteiger charge is -2.30. The molecule has 3 nitrogen and oxygen atoms in total. The summed E-state index contributed by atoms with van der Waals surface area (Å²) in [7, 11) is 0. The van der Waals surface area contributed by atoms with Gasteiger partial charge in [-0.15, -0.1) is 0 Å². The van der Waals surface area contributed by atoms with Gasteiger partial charge >= 0.3 is 0 Å². The SMILES string of the molecule is CC(C)N1CCC(N)C1c1ccc(N)cc1. The van der Waals surface area contributed by atoms with E-state index >= 15 is 0 Å². The number of nitrogens with two attached hydrogens (primary N) is 2. The van der Waals surface area contributed by atoms with Crippen molar-refractivity contribution in [1.29, 1.82) is 0 Å². The van der Waals surface area contributed by atoms with Crippen molar-refractivity contribution in [2.75, 3.05) is 12.3 Å². The van der Waals surface area contributed by atoms with Crippen molar-refractivity contribution >= 4 is 5.69 Å². The molecule has 0 spiro atoms. The third-order valence-electron chi connectivity index (χ3n) is 3.42. The minimum absolute atomic E-state index is 0.242. The summed E-state index contributed by atoms with van der Waals surface area (Å²) in [6, 6.07) is 9.24. The molecule has 0 aliphatic carbocycles. The Hall–Kier alpha value is -1.06. The third kappa shape index (κ3) is 2.06. The Labute approximate surface area is 97.4 Å². The Morgan fingerprint density at radius 3 is 2.44 bits per heavy atom. The Bertz CT molecular complexity index is 345. The van der Waals surface area contributed by atoms with Crippen LogP contribution in [0.25, 0.3) is 0 Å². The predicted molar refractivity (Wildman–Crippen MR) is 68.0 cm³/mol. The summed E-state index contributed by atoms with van der Waals surface area (Å²) in [5.74, 6) is 0.